The number of nitrogens with zero attached hydrogens (tertiary/aromatic N) is 1. The van der Waals surface area contributed by atoms with Gasteiger partial charge in [0.15, 0.2) is 0 Å². The number of imide groups is 1. The summed E-state index contributed by atoms with van der Waals surface area (Å²) in [5.74, 6) is -0.499. The molecule has 0 spiro atoms. The van der Waals surface area contributed by atoms with Crippen LogP contribution >= 0.6 is 0 Å². The molecule has 0 fully saturated rings. The molecule has 11 heavy (non-hydrogen) atoms. The lowest BCUT2D eigenvalue weighted by Crippen LogP contribution is -2.28. The first-order chi connectivity index (χ1) is 5.07. The van der Waals surface area contributed by atoms with Crippen LogP contribution in [-0.2, 0) is 4.79 Å². The number of carbonyl (C=O) groups is 2. The maximum atomic E-state index is 10.7. The summed E-state index contributed by atoms with van der Waals surface area (Å²) in [7, 11) is 0. The van der Waals surface area contributed by atoms with E-state index in [0.717, 1.165) is 0 Å². The van der Waals surface area contributed by atoms with Crippen LogP contribution in [0.3, 0.4) is 0 Å². The van der Waals surface area contributed by atoms with E-state index in [1.807, 2.05) is 5.32 Å². The summed E-state index contributed by atoms with van der Waals surface area (Å²) in [6, 6.07) is -0.666. The van der Waals surface area contributed by atoms with Gasteiger partial charge < -0.3 is 0 Å². The standard InChI is InChI=1S/C7H10N2O2/c1-4-8-7(11)9-6(10)5(2)3/h4H,2H2,1,3H3,(H,9,10,11). The Kier molecular flexibility index (Phi) is 3.80. The van der Waals surface area contributed by atoms with E-state index in [2.05, 4.69) is 11.6 Å². The predicted octanol–water partition coefficient (Wildman–Crippen LogP) is 0.889. The zero-order valence-electron chi connectivity index (χ0n) is 6.55. The highest BCUT2D eigenvalue weighted by molar-refractivity contribution is 6.04. The first-order valence-electron chi connectivity index (χ1n) is 3.07. The first-order valence-corrected chi connectivity index (χ1v) is 3.07. The lowest BCUT2D eigenvalue weighted by atomic mass is 10.3. The van der Waals surface area contributed by atoms with E-state index < -0.39 is 11.9 Å². The molecule has 0 bridgehead atoms. The highest BCUT2D eigenvalue weighted by Crippen LogP contribution is 1.85. The molecule has 0 radical (unpaired) electrons. The van der Waals surface area contributed by atoms with Crippen LogP contribution in [0.25, 0.3) is 0 Å². The van der Waals surface area contributed by atoms with Crippen molar-refractivity contribution in [2.75, 3.05) is 0 Å². The normalized spacial score (nSPS) is 9.64. The number of hydrogen-bond acceptors (Lipinski definition) is 2. The SMILES string of the molecule is C=C(C)C(=O)NC(=O)N=CC. The smallest absolute Gasteiger partial charge is 0.272 e. The fraction of sp³-hybridized carbons (Fsp3) is 0.286. The minimum Gasteiger partial charge on any atom is -0.272 e. The van der Waals surface area contributed by atoms with Crippen molar-refractivity contribution < 1.29 is 9.59 Å². The minimum atomic E-state index is -0.666. The molecule has 4 nitrogen and oxygen atoms in total. The molecule has 0 saturated heterocycles. The Morgan fingerprint density at radius 3 is 2.45 bits per heavy atom. The molecule has 0 aromatic heterocycles. The summed E-state index contributed by atoms with van der Waals surface area (Å²) in [4.78, 5) is 24.6. The number of urea groups is 1. The van der Waals surface area contributed by atoms with E-state index in [9.17, 15) is 9.59 Å². The molecule has 4 heteroatoms. The number of carbonyl (C=O) groups excluding carboxylic acids is 2. The topological polar surface area (TPSA) is 58.5 Å². The summed E-state index contributed by atoms with van der Waals surface area (Å²) >= 11 is 0. The van der Waals surface area contributed by atoms with Crippen LogP contribution in [0.2, 0.25) is 0 Å². The van der Waals surface area contributed by atoms with Crippen molar-refractivity contribution in [3.63, 3.8) is 0 Å². The molecule has 0 atom stereocenters. The molecule has 3 amide bonds. The lowest BCUT2D eigenvalue weighted by Gasteiger charge is -1.96. The van der Waals surface area contributed by atoms with Gasteiger partial charge in [0.2, 0.25) is 0 Å². The zero-order valence-corrected chi connectivity index (χ0v) is 6.55. The summed E-state index contributed by atoms with van der Waals surface area (Å²) in [5.41, 5.74) is 0.282. The minimum absolute atomic E-state index is 0.282. The van der Waals surface area contributed by atoms with Crippen molar-refractivity contribution in [2.45, 2.75) is 13.8 Å². The van der Waals surface area contributed by atoms with Crippen molar-refractivity contribution in [3.05, 3.63) is 12.2 Å². The second kappa shape index (κ2) is 4.38. The Bertz CT molecular complexity index is 218. The van der Waals surface area contributed by atoms with E-state index in [1.54, 1.807) is 6.92 Å². The third-order valence-corrected chi connectivity index (χ3v) is 0.854. The fourth-order valence-electron chi connectivity index (χ4n) is 0.353. The van der Waals surface area contributed by atoms with Gasteiger partial charge in [0.25, 0.3) is 5.91 Å². The maximum absolute atomic E-state index is 10.7. The van der Waals surface area contributed by atoms with E-state index in [4.69, 9.17) is 0 Å². The predicted molar refractivity (Wildman–Crippen MR) is 42.5 cm³/mol. The van der Waals surface area contributed by atoms with Crippen LogP contribution in [0.5, 0.6) is 0 Å². The molecule has 0 heterocycles. The molecule has 0 aromatic carbocycles. The molecule has 0 rings (SSSR count). The van der Waals surface area contributed by atoms with Gasteiger partial charge in [-0.3, -0.25) is 10.1 Å². The molecule has 0 aliphatic carbocycles. The van der Waals surface area contributed by atoms with Gasteiger partial charge in [-0.1, -0.05) is 6.58 Å². The summed E-state index contributed by atoms with van der Waals surface area (Å²) in [5, 5.41) is 2.00. The van der Waals surface area contributed by atoms with Gasteiger partial charge in [0, 0.05) is 11.8 Å². The maximum Gasteiger partial charge on any atom is 0.347 e. The Morgan fingerprint density at radius 2 is 2.09 bits per heavy atom. The van der Waals surface area contributed by atoms with E-state index >= 15 is 0 Å². The van der Waals surface area contributed by atoms with E-state index in [1.165, 1.54) is 13.1 Å². The number of nitrogens with one attached hydrogen (secondary N) is 1. The Hall–Kier alpha value is -1.45. The van der Waals surface area contributed by atoms with Gasteiger partial charge in [-0.2, -0.15) is 0 Å². The highest BCUT2D eigenvalue weighted by atomic mass is 16.2. The highest BCUT2D eigenvalue weighted by Gasteiger charge is 2.04. The van der Waals surface area contributed by atoms with Crippen LogP contribution in [0.15, 0.2) is 17.1 Å². The molecule has 0 aliphatic heterocycles. The van der Waals surface area contributed by atoms with Crippen LogP contribution in [-0.4, -0.2) is 18.2 Å². The number of amides is 3. The molecule has 0 saturated carbocycles. The Morgan fingerprint density at radius 1 is 1.55 bits per heavy atom. The van der Waals surface area contributed by atoms with E-state index in [-0.39, 0.29) is 5.57 Å². The Labute approximate surface area is 65.0 Å². The van der Waals surface area contributed by atoms with Gasteiger partial charge in [-0.25, -0.2) is 9.79 Å². The molecular formula is C7H10N2O2. The van der Waals surface area contributed by atoms with Crippen molar-refractivity contribution in [1.29, 1.82) is 0 Å². The fourth-order valence-corrected chi connectivity index (χ4v) is 0.353. The molecule has 1 N–H and O–H groups in total. The monoisotopic (exact) mass is 154 g/mol. The second-order valence-corrected chi connectivity index (χ2v) is 1.93. The van der Waals surface area contributed by atoms with Crippen LogP contribution in [0.4, 0.5) is 4.79 Å². The van der Waals surface area contributed by atoms with Crippen LogP contribution in [0.1, 0.15) is 13.8 Å². The van der Waals surface area contributed by atoms with Crippen molar-refractivity contribution in [1.82, 2.24) is 5.32 Å². The van der Waals surface area contributed by atoms with Crippen molar-refractivity contribution in [3.8, 4) is 0 Å². The largest absolute Gasteiger partial charge is 0.347 e. The van der Waals surface area contributed by atoms with Crippen molar-refractivity contribution >= 4 is 18.2 Å². The number of hydrogen-bond donors (Lipinski definition) is 1. The first kappa shape index (κ1) is 9.55. The van der Waals surface area contributed by atoms with Gasteiger partial charge in [-0.05, 0) is 13.8 Å². The third kappa shape index (κ3) is 4.02. The molecule has 0 unspecified atom stereocenters. The average molecular weight is 154 g/mol. The second-order valence-electron chi connectivity index (χ2n) is 1.93. The van der Waals surface area contributed by atoms with Gasteiger partial charge >= 0.3 is 6.03 Å². The van der Waals surface area contributed by atoms with Crippen molar-refractivity contribution in [2.24, 2.45) is 4.99 Å². The van der Waals surface area contributed by atoms with Gasteiger partial charge in [0.1, 0.15) is 0 Å². The third-order valence-electron chi connectivity index (χ3n) is 0.854. The van der Waals surface area contributed by atoms with Crippen LogP contribution < -0.4 is 5.32 Å². The van der Waals surface area contributed by atoms with Gasteiger partial charge in [0.05, 0.1) is 0 Å². The zero-order chi connectivity index (χ0) is 8.85. The molecular weight excluding hydrogens is 144 g/mol. The summed E-state index contributed by atoms with van der Waals surface area (Å²) in [6.07, 6.45) is 1.31. The molecule has 0 aromatic rings. The summed E-state index contributed by atoms with van der Waals surface area (Å²) in [6.45, 7) is 6.45. The number of rotatable bonds is 1. The summed E-state index contributed by atoms with van der Waals surface area (Å²) < 4.78 is 0. The van der Waals surface area contributed by atoms with E-state index in [0.29, 0.717) is 0 Å². The average Bonchev–Trinajstić information content (AvgIpc) is 1.87. The molecule has 0 aliphatic rings. The van der Waals surface area contributed by atoms with Crippen LogP contribution in [0, 0.1) is 0 Å². The Balaban J connectivity index is 3.96. The number of aliphatic imine (C=N–C) groups is 1. The molecule has 60 valence electrons. The lowest BCUT2D eigenvalue weighted by molar-refractivity contribution is -0.116. The van der Waals surface area contributed by atoms with Gasteiger partial charge in [-0.15, -0.1) is 0 Å². The quantitative estimate of drug-likeness (QED) is 0.450.